The van der Waals surface area contributed by atoms with Crippen LogP contribution in [-0.2, 0) is 4.74 Å². The Morgan fingerprint density at radius 3 is 2.42 bits per heavy atom. The van der Waals surface area contributed by atoms with Crippen molar-refractivity contribution in [3.63, 3.8) is 0 Å². The molecule has 4 rings (SSSR count). The maximum Gasteiger partial charge on any atom is 0.417 e. The van der Waals surface area contributed by atoms with Crippen LogP contribution in [0.1, 0.15) is 32.4 Å². The van der Waals surface area contributed by atoms with Crippen LogP contribution in [0.15, 0.2) is 60.9 Å². The van der Waals surface area contributed by atoms with E-state index in [2.05, 4.69) is 37.7 Å². The predicted molar refractivity (Wildman–Crippen MR) is 120 cm³/mol. The van der Waals surface area contributed by atoms with Crippen LogP contribution in [-0.4, -0.2) is 33.7 Å². The molecule has 31 heavy (non-hydrogen) atoms. The Labute approximate surface area is 181 Å². The lowest BCUT2D eigenvalue weighted by Crippen LogP contribution is -2.38. The SMILES string of the molecule is CC(C)[C@H]1COC(=O)N1c1ncnc(N[C@@H](C)c2ccc(Nc3ccccc3)cc2)n1. The number of nitrogens with one attached hydrogen (secondary N) is 2. The highest BCUT2D eigenvalue weighted by Gasteiger charge is 2.38. The van der Waals surface area contributed by atoms with Gasteiger partial charge in [-0.25, -0.2) is 19.7 Å². The third-order valence-corrected chi connectivity index (χ3v) is 5.27. The van der Waals surface area contributed by atoms with Gasteiger partial charge in [0.1, 0.15) is 12.9 Å². The van der Waals surface area contributed by atoms with Crippen LogP contribution in [0.3, 0.4) is 0 Å². The molecule has 2 N–H and O–H groups in total. The number of rotatable bonds is 7. The molecule has 2 heterocycles. The fraction of sp³-hybridized carbons (Fsp3) is 0.304. The number of anilines is 4. The highest BCUT2D eigenvalue weighted by molar-refractivity contribution is 5.88. The van der Waals surface area contributed by atoms with Crippen LogP contribution < -0.4 is 15.5 Å². The molecule has 160 valence electrons. The Kier molecular flexibility index (Phi) is 5.97. The number of cyclic esters (lactones) is 1. The molecule has 1 aliphatic heterocycles. The van der Waals surface area contributed by atoms with Gasteiger partial charge in [-0.1, -0.05) is 44.2 Å². The lowest BCUT2D eigenvalue weighted by atomic mass is 10.1. The maximum atomic E-state index is 12.2. The fourth-order valence-corrected chi connectivity index (χ4v) is 3.45. The van der Waals surface area contributed by atoms with Crippen molar-refractivity contribution < 1.29 is 9.53 Å². The largest absolute Gasteiger partial charge is 0.447 e. The fourth-order valence-electron chi connectivity index (χ4n) is 3.45. The standard InChI is InChI=1S/C23H26N6O2/c1-15(2)20-13-31-23(30)29(20)22-25-14-24-21(28-22)26-16(3)17-9-11-19(12-10-17)27-18-7-5-4-6-8-18/h4-12,14-16,20,27H,13H2,1-3H3,(H,24,25,26,28)/t16-,20+/m0/s1. The topological polar surface area (TPSA) is 92.3 Å². The second kappa shape index (κ2) is 8.99. The quantitative estimate of drug-likeness (QED) is 0.571. The highest BCUT2D eigenvalue weighted by Crippen LogP contribution is 2.26. The lowest BCUT2D eigenvalue weighted by molar-refractivity contribution is 0.177. The second-order valence-corrected chi connectivity index (χ2v) is 7.85. The normalized spacial score (nSPS) is 16.8. The smallest absolute Gasteiger partial charge is 0.417 e. The molecule has 0 unspecified atom stereocenters. The summed E-state index contributed by atoms with van der Waals surface area (Å²) < 4.78 is 5.20. The minimum Gasteiger partial charge on any atom is -0.447 e. The van der Waals surface area contributed by atoms with Crippen molar-refractivity contribution >= 4 is 29.4 Å². The van der Waals surface area contributed by atoms with Crippen molar-refractivity contribution in [2.45, 2.75) is 32.9 Å². The van der Waals surface area contributed by atoms with Gasteiger partial charge in [0.25, 0.3) is 0 Å². The van der Waals surface area contributed by atoms with Crippen molar-refractivity contribution in [3.05, 3.63) is 66.5 Å². The first kappa shape index (κ1) is 20.6. The van der Waals surface area contributed by atoms with Crippen molar-refractivity contribution in [2.24, 2.45) is 5.92 Å². The average Bonchev–Trinajstić information content (AvgIpc) is 3.17. The summed E-state index contributed by atoms with van der Waals surface area (Å²) in [6, 6.07) is 18.1. The number of aromatic nitrogens is 3. The van der Waals surface area contributed by atoms with Crippen molar-refractivity contribution in [1.29, 1.82) is 0 Å². The summed E-state index contributed by atoms with van der Waals surface area (Å²) in [5.41, 5.74) is 3.14. The Morgan fingerprint density at radius 2 is 1.71 bits per heavy atom. The molecule has 1 amide bonds. The highest BCUT2D eigenvalue weighted by atomic mass is 16.6. The summed E-state index contributed by atoms with van der Waals surface area (Å²) in [6.07, 6.45) is 0.984. The molecule has 0 spiro atoms. The van der Waals surface area contributed by atoms with E-state index in [0.29, 0.717) is 18.5 Å². The molecule has 1 saturated heterocycles. The number of hydrogen-bond acceptors (Lipinski definition) is 7. The van der Waals surface area contributed by atoms with Gasteiger partial charge >= 0.3 is 6.09 Å². The molecular weight excluding hydrogens is 392 g/mol. The van der Waals surface area contributed by atoms with E-state index in [1.807, 2.05) is 63.2 Å². The number of carbonyl (C=O) groups excluding carboxylic acids is 1. The first-order chi connectivity index (χ1) is 15.0. The van der Waals surface area contributed by atoms with Gasteiger partial charge in [0.05, 0.1) is 12.1 Å². The molecular formula is C23H26N6O2. The van der Waals surface area contributed by atoms with E-state index in [1.165, 1.54) is 11.2 Å². The third kappa shape index (κ3) is 4.74. The van der Waals surface area contributed by atoms with E-state index < -0.39 is 6.09 Å². The summed E-state index contributed by atoms with van der Waals surface area (Å²) >= 11 is 0. The summed E-state index contributed by atoms with van der Waals surface area (Å²) in [5, 5.41) is 6.66. The summed E-state index contributed by atoms with van der Waals surface area (Å²) in [4.78, 5) is 26.6. The Bertz CT molecular complexity index is 1030. The molecule has 1 aromatic heterocycles. The molecule has 2 atom stereocenters. The zero-order valence-corrected chi connectivity index (χ0v) is 17.8. The predicted octanol–water partition coefficient (Wildman–Crippen LogP) is 4.77. The van der Waals surface area contributed by atoms with Gasteiger partial charge in [0, 0.05) is 11.4 Å². The minimum absolute atomic E-state index is 0.0348. The van der Waals surface area contributed by atoms with Crippen molar-refractivity contribution in [1.82, 2.24) is 15.0 Å². The van der Waals surface area contributed by atoms with Crippen molar-refractivity contribution in [3.8, 4) is 0 Å². The zero-order valence-electron chi connectivity index (χ0n) is 17.8. The molecule has 0 aliphatic carbocycles. The molecule has 0 saturated carbocycles. The average molecular weight is 419 g/mol. The van der Waals surface area contributed by atoms with E-state index >= 15 is 0 Å². The van der Waals surface area contributed by atoms with Crippen LogP contribution in [0.25, 0.3) is 0 Å². The number of nitrogens with zero attached hydrogens (tertiary/aromatic N) is 4. The molecule has 2 aromatic carbocycles. The first-order valence-corrected chi connectivity index (χ1v) is 10.3. The van der Waals surface area contributed by atoms with Crippen LogP contribution in [0.2, 0.25) is 0 Å². The minimum atomic E-state index is -0.426. The number of benzene rings is 2. The van der Waals surface area contributed by atoms with Gasteiger partial charge in [-0.05, 0) is 42.7 Å². The zero-order chi connectivity index (χ0) is 21.8. The van der Waals surface area contributed by atoms with Crippen molar-refractivity contribution in [2.75, 3.05) is 22.1 Å². The summed E-state index contributed by atoms with van der Waals surface area (Å²) in [5.74, 6) is 0.932. The van der Waals surface area contributed by atoms with Gasteiger partial charge in [0.2, 0.25) is 11.9 Å². The number of ether oxygens (including phenoxy) is 1. The van der Waals surface area contributed by atoms with Gasteiger partial charge in [-0.15, -0.1) is 0 Å². The number of hydrogen-bond donors (Lipinski definition) is 2. The Balaban J connectivity index is 1.44. The number of amides is 1. The van der Waals surface area contributed by atoms with Crippen LogP contribution >= 0.6 is 0 Å². The van der Waals surface area contributed by atoms with E-state index in [-0.39, 0.29) is 18.0 Å². The van der Waals surface area contributed by atoms with E-state index in [4.69, 9.17) is 4.74 Å². The second-order valence-electron chi connectivity index (χ2n) is 7.85. The molecule has 8 nitrogen and oxygen atoms in total. The van der Waals surface area contributed by atoms with Crippen LogP contribution in [0, 0.1) is 5.92 Å². The van der Waals surface area contributed by atoms with Gasteiger partial charge < -0.3 is 15.4 Å². The van der Waals surface area contributed by atoms with Gasteiger partial charge in [-0.3, -0.25) is 0 Å². The van der Waals surface area contributed by atoms with E-state index in [0.717, 1.165) is 16.9 Å². The molecule has 3 aromatic rings. The first-order valence-electron chi connectivity index (χ1n) is 10.3. The summed E-state index contributed by atoms with van der Waals surface area (Å²) in [7, 11) is 0. The number of para-hydroxylation sites is 1. The van der Waals surface area contributed by atoms with Crippen LogP contribution in [0.4, 0.5) is 28.1 Å². The molecule has 0 radical (unpaired) electrons. The molecule has 1 aliphatic rings. The monoisotopic (exact) mass is 418 g/mol. The number of carbonyl (C=O) groups is 1. The van der Waals surface area contributed by atoms with E-state index in [1.54, 1.807) is 0 Å². The molecule has 0 bridgehead atoms. The van der Waals surface area contributed by atoms with Gasteiger partial charge in [0.15, 0.2) is 0 Å². The Morgan fingerprint density at radius 1 is 1.00 bits per heavy atom. The van der Waals surface area contributed by atoms with Crippen LogP contribution in [0.5, 0.6) is 0 Å². The van der Waals surface area contributed by atoms with E-state index in [9.17, 15) is 4.79 Å². The molecule has 8 heteroatoms. The third-order valence-electron chi connectivity index (χ3n) is 5.27. The Hall–Kier alpha value is -3.68. The van der Waals surface area contributed by atoms with Gasteiger partial charge in [-0.2, -0.15) is 4.98 Å². The lowest BCUT2D eigenvalue weighted by Gasteiger charge is -2.22. The molecule has 1 fully saturated rings. The maximum absolute atomic E-state index is 12.2. The summed E-state index contributed by atoms with van der Waals surface area (Å²) in [6.45, 7) is 6.45.